The van der Waals surface area contributed by atoms with Crippen molar-refractivity contribution in [3.63, 3.8) is 0 Å². The monoisotopic (exact) mass is 269 g/mol. The van der Waals surface area contributed by atoms with E-state index in [-0.39, 0.29) is 0 Å². The Morgan fingerprint density at radius 1 is 1.53 bits per heavy atom. The molecule has 15 heavy (non-hydrogen) atoms. The van der Waals surface area contributed by atoms with Gasteiger partial charge < -0.3 is 10.4 Å². The van der Waals surface area contributed by atoms with Crippen LogP contribution in [0.3, 0.4) is 0 Å². The maximum atomic E-state index is 9.83. The summed E-state index contributed by atoms with van der Waals surface area (Å²) in [4.78, 5) is 0. The minimum atomic E-state index is 0.421. The first-order valence-electron chi connectivity index (χ1n) is 5.39. The van der Waals surface area contributed by atoms with Gasteiger partial charge in [-0.2, -0.15) is 0 Å². The molecule has 0 aromatic heterocycles. The van der Waals surface area contributed by atoms with Gasteiger partial charge in [-0.1, -0.05) is 15.9 Å². The van der Waals surface area contributed by atoms with Crippen LogP contribution in [0.4, 0.5) is 0 Å². The molecule has 2 rings (SSSR count). The van der Waals surface area contributed by atoms with Gasteiger partial charge in [0.15, 0.2) is 0 Å². The number of hydrogen-bond acceptors (Lipinski definition) is 2. The lowest BCUT2D eigenvalue weighted by molar-refractivity contribution is 0.461. The lowest BCUT2D eigenvalue weighted by Gasteiger charge is -2.14. The Kier molecular flexibility index (Phi) is 3.32. The van der Waals surface area contributed by atoms with Crippen molar-refractivity contribution >= 4 is 15.9 Å². The van der Waals surface area contributed by atoms with Crippen LogP contribution in [0.5, 0.6) is 5.75 Å². The highest BCUT2D eigenvalue weighted by atomic mass is 79.9. The second-order valence-electron chi connectivity index (χ2n) is 4.17. The molecule has 0 bridgehead atoms. The topological polar surface area (TPSA) is 32.3 Å². The molecule has 1 aromatic rings. The number of aromatic hydroxyl groups is 1. The van der Waals surface area contributed by atoms with Gasteiger partial charge >= 0.3 is 0 Å². The fourth-order valence-corrected chi connectivity index (χ4v) is 2.52. The molecule has 1 aliphatic heterocycles. The van der Waals surface area contributed by atoms with Crippen molar-refractivity contribution in [2.24, 2.45) is 0 Å². The zero-order chi connectivity index (χ0) is 10.8. The second-order valence-corrected chi connectivity index (χ2v) is 5.02. The molecule has 1 atom stereocenters. The predicted molar refractivity (Wildman–Crippen MR) is 65.3 cm³/mol. The van der Waals surface area contributed by atoms with Crippen LogP contribution in [-0.2, 0) is 6.42 Å². The fraction of sp³-hybridized carbons (Fsp3) is 0.500. The van der Waals surface area contributed by atoms with Gasteiger partial charge in [-0.05, 0) is 56.0 Å². The normalized spacial score (nSPS) is 20.8. The SMILES string of the molecule is Cc1c(Br)ccc(O)c1CC1CCCN1. The van der Waals surface area contributed by atoms with Crippen molar-refractivity contribution in [2.75, 3.05) is 6.54 Å². The molecule has 0 amide bonds. The number of rotatable bonds is 2. The Labute approximate surface area is 98.8 Å². The first kappa shape index (κ1) is 11.0. The summed E-state index contributed by atoms with van der Waals surface area (Å²) >= 11 is 3.50. The van der Waals surface area contributed by atoms with Crippen LogP contribution >= 0.6 is 15.9 Å². The van der Waals surface area contributed by atoms with E-state index in [9.17, 15) is 5.11 Å². The Morgan fingerprint density at radius 3 is 3.00 bits per heavy atom. The van der Waals surface area contributed by atoms with Crippen molar-refractivity contribution in [3.8, 4) is 5.75 Å². The van der Waals surface area contributed by atoms with Gasteiger partial charge in [0.1, 0.15) is 5.75 Å². The number of phenols is 1. The van der Waals surface area contributed by atoms with Crippen LogP contribution in [0, 0.1) is 6.92 Å². The molecule has 2 nitrogen and oxygen atoms in total. The third kappa shape index (κ3) is 2.34. The zero-order valence-corrected chi connectivity index (χ0v) is 10.5. The van der Waals surface area contributed by atoms with Crippen LogP contribution in [-0.4, -0.2) is 17.7 Å². The molecule has 1 aliphatic rings. The minimum absolute atomic E-state index is 0.421. The molecular formula is C12H16BrNO. The van der Waals surface area contributed by atoms with Crippen LogP contribution in [0.25, 0.3) is 0 Å². The largest absolute Gasteiger partial charge is 0.508 e. The van der Waals surface area contributed by atoms with Crippen molar-refractivity contribution in [1.29, 1.82) is 0 Å². The van der Waals surface area contributed by atoms with E-state index in [1.54, 1.807) is 6.07 Å². The first-order chi connectivity index (χ1) is 7.18. The smallest absolute Gasteiger partial charge is 0.119 e. The Bertz CT molecular complexity index is 359. The van der Waals surface area contributed by atoms with E-state index in [0.717, 1.165) is 28.6 Å². The molecule has 1 saturated heterocycles. The van der Waals surface area contributed by atoms with Gasteiger partial charge in [0, 0.05) is 10.5 Å². The summed E-state index contributed by atoms with van der Waals surface area (Å²) in [7, 11) is 0. The molecule has 0 saturated carbocycles. The summed E-state index contributed by atoms with van der Waals surface area (Å²) in [5.74, 6) is 0.421. The van der Waals surface area contributed by atoms with Crippen molar-refractivity contribution in [3.05, 3.63) is 27.7 Å². The van der Waals surface area contributed by atoms with E-state index >= 15 is 0 Å². The van der Waals surface area contributed by atoms with Crippen molar-refractivity contribution in [1.82, 2.24) is 5.32 Å². The van der Waals surface area contributed by atoms with Gasteiger partial charge in [0.25, 0.3) is 0 Å². The summed E-state index contributed by atoms with van der Waals surface area (Å²) in [6, 6.07) is 4.20. The van der Waals surface area contributed by atoms with Gasteiger partial charge in [-0.25, -0.2) is 0 Å². The van der Waals surface area contributed by atoms with E-state index in [4.69, 9.17) is 0 Å². The molecule has 0 aliphatic carbocycles. The molecule has 0 spiro atoms. The first-order valence-corrected chi connectivity index (χ1v) is 6.18. The molecule has 82 valence electrons. The van der Waals surface area contributed by atoms with E-state index < -0.39 is 0 Å². The van der Waals surface area contributed by atoms with Crippen LogP contribution in [0.1, 0.15) is 24.0 Å². The third-order valence-corrected chi connectivity index (χ3v) is 3.98. The average molecular weight is 270 g/mol. The van der Waals surface area contributed by atoms with E-state index in [0.29, 0.717) is 11.8 Å². The van der Waals surface area contributed by atoms with Crippen LogP contribution in [0.15, 0.2) is 16.6 Å². The van der Waals surface area contributed by atoms with Crippen LogP contribution < -0.4 is 5.32 Å². The molecule has 1 fully saturated rings. The summed E-state index contributed by atoms with van der Waals surface area (Å²) < 4.78 is 1.08. The summed E-state index contributed by atoms with van der Waals surface area (Å²) in [5.41, 5.74) is 2.23. The highest BCUT2D eigenvalue weighted by Crippen LogP contribution is 2.29. The quantitative estimate of drug-likeness (QED) is 0.866. The average Bonchev–Trinajstić information content (AvgIpc) is 2.71. The fourth-order valence-electron chi connectivity index (χ4n) is 2.15. The number of hydrogen-bond donors (Lipinski definition) is 2. The molecule has 1 heterocycles. The maximum absolute atomic E-state index is 9.83. The van der Waals surface area contributed by atoms with Gasteiger partial charge in [-0.15, -0.1) is 0 Å². The van der Waals surface area contributed by atoms with E-state index in [2.05, 4.69) is 21.2 Å². The highest BCUT2D eigenvalue weighted by molar-refractivity contribution is 9.10. The standard InChI is InChI=1S/C12H16BrNO/c1-8-10(7-9-3-2-6-14-9)12(15)5-4-11(8)13/h4-5,9,14-15H,2-3,6-7H2,1H3. The molecular weight excluding hydrogens is 254 g/mol. The molecule has 3 heteroatoms. The minimum Gasteiger partial charge on any atom is -0.508 e. The Balaban J connectivity index is 2.22. The van der Waals surface area contributed by atoms with Gasteiger partial charge in [-0.3, -0.25) is 0 Å². The number of phenolic OH excluding ortho intramolecular Hbond substituents is 1. The highest BCUT2D eigenvalue weighted by Gasteiger charge is 2.18. The lowest BCUT2D eigenvalue weighted by atomic mass is 9.99. The van der Waals surface area contributed by atoms with E-state index in [1.165, 1.54) is 12.8 Å². The molecule has 2 N–H and O–H groups in total. The van der Waals surface area contributed by atoms with Gasteiger partial charge in [0.2, 0.25) is 0 Å². The summed E-state index contributed by atoms with van der Waals surface area (Å²) in [5, 5.41) is 13.3. The van der Waals surface area contributed by atoms with Crippen LogP contribution in [0.2, 0.25) is 0 Å². The van der Waals surface area contributed by atoms with Crippen molar-refractivity contribution < 1.29 is 5.11 Å². The molecule has 0 radical (unpaired) electrons. The lowest BCUT2D eigenvalue weighted by Crippen LogP contribution is -2.24. The maximum Gasteiger partial charge on any atom is 0.119 e. The summed E-state index contributed by atoms with van der Waals surface area (Å²) in [6.07, 6.45) is 3.39. The number of halogens is 1. The van der Waals surface area contributed by atoms with Crippen molar-refractivity contribution in [2.45, 2.75) is 32.2 Å². The third-order valence-electron chi connectivity index (χ3n) is 3.12. The second kappa shape index (κ2) is 4.54. The Morgan fingerprint density at radius 2 is 2.33 bits per heavy atom. The molecule has 1 unspecified atom stereocenters. The number of nitrogens with one attached hydrogen (secondary N) is 1. The van der Waals surface area contributed by atoms with Gasteiger partial charge in [0.05, 0.1) is 0 Å². The zero-order valence-electron chi connectivity index (χ0n) is 8.89. The number of benzene rings is 1. The summed E-state index contributed by atoms with van der Waals surface area (Å²) in [6.45, 7) is 3.16. The molecule has 1 aromatic carbocycles. The Hall–Kier alpha value is -0.540. The predicted octanol–water partition coefficient (Wildman–Crippen LogP) is 2.76. The van der Waals surface area contributed by atoms with E-state index in [1.807, 2.05) is 13.0 Å².